The van der Waals surface area contributed by atoms with Gasteiger partial charge in [0.2, 0.25) is 0 Å². The molecule has 0 saturated carbocycles. The van der Waals surface area contributed by atoms with Crippen LogP contribution in [0.5, 0.6) is 0 Å². The van der Waals surface area contributed by atoms with Crippen LogP contribution in [0.1, 0.15) is 19.3 Å². The van der Waals surface area contributed by atoms with Crippen LogP contribution in [0.4, 0.5) is 0 Å². The van der Waals surface area contributed by atoms with Crippen molar-refractivity contribution in [1.29, 1.82) is 0 Å². The van der Waals surface area contributed by atoms with Gasteiger partial charge in [-0.2, -0.15) is 0 Å². The SMILES string of the molecule is CN1CCC(CN)(N2CCCOCC2)CC1. The van der Waals surface area contributed by atoms with Crippen LogP contribution in [0.15, 0.2) is 0 Å². The monoisotopic (exact) mass is 227 g/mol. The van der Waals surface area contributed by atoms with Crippen LogP contribution in [0.3, 0.4) is 0 Å². The maximum atomic E-state index is 6.06. The number of nitrogens with two attached hydrogens (primary N) is 1. The largest absolute Gasteiger partial charge is 0.380 e. The van der Waals surface area contributed by atoms with Gasteiger partial charge in [0.15, 0.2) is 0 Å². The molecule has 0 aromatic rings. The lowest BCUT2D eigenvalue weighted by atomic mass is 9.85. The van der Waals surface area contributed by atoms with Crippen molar-refractivity contribution in [3.05, 3.63) is 0 Å². The number of nitrogens with zero attached hydrogens (tertiary/aromatic N) is 2. The Labute approximate surface area is 98.7 Å². The Morgan fingerprint density at radius 3 is 2.56 bits per heavy atom. The van der Waals surface area contributed by atoms with Crippen LogP contribution in [0.2, 0.25) is 0 Å². The third-order valence-corrected chi connectivity index (χ3v) is 4.19. The molecule has 0 radical (unpaired) electrons. The number of hydrogen-bond donors (Lipinski definition) is 1. The van der Waals surface area contributed by atoms with Crippen LogP contribution >= 0.6 is 0 Å². The number of ether oxygens (including phenoxy) is 1. The highest BCUT2D eigenvalue weighted by Gasteiger charge is 2.37. The molecule has 2 aliphatic heterocycles. The first-order valence-electron chi connectivity index (χ1n) is 6.48. The smallest absolute Gasteiger partial charge is 0.0593 e. The first-order valence-corrected chi connectivity index (χ1v) is 6.48. The molecule has 2 saturated heterocycles. The zero-order valence-corrected chi connectivity index (χ0v) is 10.5. The van der Waals surface area contributed by atoms with E-state index in [9.17, 15) is 0 Å². The molecule has 0 atom stereocenters. The van der Waals surface area contributed by atoms with Gasteiger partial charge in [-0.05, 0) is 39.4 Å². The van der Waals surface area contributed by atoms with Gasteiger partial charge < -0.3 is 15.4 Å². The number of likely N-dealkylation sites (tertiary alicyclic amines) is 1. The molecule has 94 valence electrons. The molecular formula is C12H25N3O. The van der Waals surface area contributed by atoms with Crippen molar-refractivity contribution in [2.45, 2.75) is 24.8 Å². The summed E-state index contributed by atoms with van der Waals surface area (Å²) in [7, 11) is 2.20. The summed E-state index contributed by atoms with van der Waals surface area (Å²) in [6, 6.07) is 0. The lowest BCUT2D eigenvalue weighted by Crippen LogP contribution is -2.59. The van der Waals surface area contributed by atoms with Crippen molar-refractivity contribution in [2.75, 3.05) is 53.0 Å². The Hall–Kier alpha value is -0.160. The van der Waals surface area contributed by atoms with E-state index in [0.717, 1.165) is 39.3 Å². The first kappa shape index (κ1) is 12.3. The van der Waals surface area contributed by atoms with Crippen LogP contribution < -0.4 is 5.73 Å². The van der Waals surface area contributed by atoms with Crippen LogP contribution in [0.25, 0.3) is 0 Å². The Kier molecular flexibility index (Phi) is 4.19. The molecule has 0 aromatic heterocycles. The van der Waals surface area contributed by atoms with Gasteiger partial charge in [-0.3, -0.25) is 4.90 Å². The Bertz CT molecular complexity index is 206. The Morgan fingerprint density at radius 1 is 1.12 bits per heavy atom. The minimum Gasteiger partial charge on any atom is -0.380 e. The molecule has 2 rings (SSSR count). The van der Waals surface area contributed by atoms with Gasteiger partial charge in [0.25, 0.3) is 0 Å². The van der Waals surface area contributed by atoms with Crippen molar-refractivity contribution in [1.82, 2.24) is 9.80 Å². The Morgan fingerprint density at radius 2 is 1.88 bits per heavy atom. The second-order valence-corrected chi connectivity index (χ2v) is 5.18. The third-order valence-electron chi connectivity index (χ3n) is 4.19. The quantitative estimate of drug-likeness (QED) is 0.728. The topological polar surface area (TPSA) is 41.7 Å². The van der Waals surface area contributed by atoms with Gasteiger partial charge in [-0.1, -0.05) is 0 Å². The van der Waals surface area contributed by atoms with Crippen LogP contribution in [-0.2, 0) is 4.74 Å². The van der Waals surface area contributed by atoms with Crippen molar-refractivity contribution in [3.8, 4) is 0 Å². The standard InChI is InChI=1S/C12H25N3O/c1-14-6-3-12(11-13,4-7-14)15-5-2-9-16-10-8-15/h2-11,13H2,1H3. The summed E-state index contributed by atoms with van der Waals surface area (Å²) in [5, 5.41) is 0. The van der Waals surface area contributed by atoms with Gasteiger partial charge in [0.05, 0.1) is 6.61 Å². The lowest BCUT2D eigenvalue weighted by Gasteiger charge is -2.47. The molecule has 0 aromatic carbocycles. The summed E-state index contributed by atoms with van der Waals surface area (Å²) in [6.07, 6.45) is 3.57. The van der Waals surface area contributed by atoms with Crippen molar-refractivity contribution >= 4 is 0 Å². The second-order valence-electron chi connectivity index (χ2n) is 5.18. The summed E-state index contributed by atoms with van der Waals surface area (Å²) < 4.78 is 5.53. The van der Waals surface area contributed by atoms with Gasteiger partial charge in [-0.25, -0.2) is 0 Å². The molecule has 0 aliphatic carbocycles. The molecular weight excluding hydrogens is 202 g/mol. The predicted octanol–water partition coefficient (Wildman–Crippen LogP) is 0.132. The maximum Gasteiger partial charge on any atom is 0.0593 e. The maximum absolute atomic E-state index is 6.06. The van der Waals surface area contributed by atoms with E-state index >= 15 is 0 Å². The highest BCUT2D eigenvalue weighted by atomic mass is 16.5. The van der Waals surface area contributed by atoms with E-state index in [1.54, 1.807) is 0 Å². The normalized spacial score (nSPS) is 28.9. The molecule has 2 fully saturated rings. The first-order chi connectivity index (χ1) is 7.77. The summed E-state index contributed by atoms with van der Waals surface area (Å²) in [5.74, 6) is 0. The van der Waals surface area contributed by atoms with Gasteiger partial charge >= 0.3 is 0 Å². The summed E-state index contributed by atoms with van der Waals surface area (Å²) >= 11 is 0. The van der Waals surface area contributed by atoms with E-state index in [0.29, 0.717) is 0 Å². The van der Waals surface area contributed by atoms with E-state index in [4.69, 9.17) is 10.5 Å². The van der Waals surface area contributed by atoms with Gasteiger partial charge in [-0.15, -0.1) is 0 Å². The fourth-order valence-corrected chi connectivity index (χ4v) is 2.90. The van der Waals surface area contributed by atoms with E-state index < -0.39 is 0 Å². The highest BCUT2D eigenvalue weighted by molar-refractivity contribution is 4.96. The van der Waals surface area contributed by atoms with E-state index in [1.807, 2.05) is 0 Å². The fourth-order valence-electron chi connectivity index (χ4n) is 2.90. The second kappa shape index (κ2) is 5.45. The van der Waals surface area contributed by atoms with Gasteiger partial charge in [0.1, 0.15) is 0 Å². The lowest BCUT2D eigenvalue weighted by molar-refractivity contribution is 0.0310. The molecule has 2 heterocycles. The average molecular weight is 227 g/mol. The molecule has 0 unspecified atom stereocenters. The van der Waals surface area contributed by atoms with E-state index in [1.165, 1.54) is 25.9 Å². The highest BCUT2D eigenvalue weighted by Crippen LogP contribution is 2.28. The minimum atomic E-state index is 0.250. The number of hydrogen-bond acceptors (Lipinski definition) is 4. The van der Waals surface area contributed by atoms with Crippen LogP contribution in [0, 0.1) is 0 Å². The average Bonchev–Trinajstić information content (AvgIpc) is 2.60. The van der Waals surface area contributed by atoms with Crippen molar-refractivity contribution in [3.63, 3.8) is 0 Å². The van der Waals surface area contributed by atoms with Crippen molar-refractivity contribution in [2.24, 2.45) is 5.73 Å². The molecule has 4 heteroatoms. The van der Waals surface area contributed by atoms with Gasteiger partial charge in [0, 0.05) is 31.8 Å². The van der Waals surface area contributed by atoms with E-state index in [2.05, 4.69) is 16.8 Å². The van der Waals surface area contributed by atoms with E-state index in [-0.39, 0.29) is 5.54 Å². The molecule has 2 aliphatic rings. The zero-order chi connectivity index (χ0) is 11.4. The summed E-state index contributed by atoms with van der Waals surface area (Å²) in [4.78, 5) is 5.00. The summed E-state index contributed by atoms with van der Waals surface area (Å²) in [6.45, 7) is 7.14. The zero-order valence-electron chi connectivity index (χ0n) is 10.5. The van der Waals surface area contributed by atoms with Crippen molar-refractivity contribution < 1.29 is 4.74 Å². The third kappa shape index (κ3) is 2.56. The summed E-state index contributed by atoms with van der Waals surface area (Å²) in [5.41, 5.74) is 6.31. The predicted molar refractivity (Wildman–Crippen MR) is 65.5 cm³/mol. The molecule has 0 spiro atoms. The fraction of sp³-hybridized carbons (Fsp3) is 1.00. The molecule has 16 heavy (non-hydrogen) atoms. The number of piperidine rings is 1. The number of rotatable bonds is 2. The minimum absolute atomic E-state index is 0.250. The molecule has 4 nitrogen and oxygen atoms in total. The molecule has 0 amide bonds. The van der Waals surface area contributed by atoms with Crippen LogP contribution in [-0.4, -0.2) is 68.3 Å². The molecule has 2 N–H and O–H groups in total. The molecule has 0 bridgehead atoms. The Balaban J connectivity index is 2.01.